The van der Waals surface area contributed by atoms with Crippen LogP contribution < -0.4 is 5.32 Å². The fraction of sp³-hybridized carbons (Fsp3) is 0.583. The summed E-state index contributed by atoms with van der Waals surface area (Å²) in [5.41, 5.74) is 0.0628. The summed E-state index contributed by atoms with van der Waals surface area (Å²) in [6.07, 6.45) is -4.48. The van der Waals surface area contributed by atoms with Crippen molar-refractivity contribution in [2.75, 3.05) is 12.3 Å². The number of carbonyl (C=O) groups is 2. The maximum Gasteiger partial charge on any atom is 0.418 e. The molecule has 0 bridgehead atoms. The molecular weight excluding hydrogens is 321 g/mol. The zero-order valence-corrected chi connectivity index (χ0v) is 12.4. The molecule has 2 aliphatic rings. The normalized spacial score (nSPS) is 25.1. The van der Waals surface area contributed by atoms with Gasteiger partial charge in [-0.25, -0.2) is 0 Å². The zero-order chi connectivity index (χ0) is 16.1. The lowest BCUT2D eigenvalue weighted by molar-refractivity contribution is -0.149. The first-order valence-electron chi connectivity index (χ1n) is 6.65. The van der Waals surface area contributed by atoms with Gasteiger partial charge >= 0.3 is 6.18 Å². The minimum absolute atomic E-state index is 0.0124. The molecule has 0 aromatic carbocycles. The van der Waals surface area contributed by atoms with Gasteiger partial charge in [-0.05, 0) is 6.92 Å². The second-order valence-corrected chi connectivity index (χ2v) is 6.42. The van der Waals surface area contributed by atoms with Crippen LogP contribution in [0, 0.1) is 0 Å². The second kappa shape index (κ2) is 5.18. The SMILES string of the molecule is CC1Cn2nc(C(=O)N3CCSC3C(F)(F)F)cc2C(=O)N1. The van der Waals surface area contributed by atoms with E-state index in [2.05, 4.69) is 10.4 Å². The molecule has 2 atom stereocenters. The third-order valence-corrected chi connectivity index (χ3v) is 4.74. The summed E-state index contributed by atoms with van der Waals surface area (Å²) in [7, 11) is 0. The predicted octanol–water partition coefficient (Wildman–Crippen LogP) is 1.09. The van der Waals surface area contributed by atoms with E-state index in [1.165, 1.54) is 10.7 Å². The first-order valence-corrected chi connectivity index (χ1v) is 7.70. The Balaban J connectivity index is 1.87. The highest BCUT2D eigenvalue weighted by Gasteiger charge is 2.49. The van der Waals surface area contributed by atoms with Crippen LogP contribution in [0.15, 0.2) is 6.07 Å². The van der Waals surface area contributed by atoms with Crippen LogP contribution >= 0.6 is 11.8 Å². The van der Waals surface area contributed by atoms with Crippen LogP contribution in [-0.2, 0) is 6.54 Å². The molecule has 1 aromatic rings. The van der Waals surface area contributed by atoms with Crippen molar-refractivity contribution < 1.29 is 22.8 Å². The van der Waals surface area contributed by atoms with Crippen molar-refractivity contribution in [3.8, 4) is 0 Å². The number of nitrogens with one attached hydrogen (secondary N) is 1. The molecule has 2 unspecified atom stereocenters. The molecule has 6 nitrogen and oxygen atoms in total. The van der Waals surface area contributed by atoms with Gasteiger partial charge in [-0.3, -0.25) is 14.3 Å². The maximum atomic E-state index is 12.9. The Morgan fingerprint density at radius 1 is 1.50 bits per heavy atom. The van der Waals surface area contributed by atoms with Crippen molar-refractivity contribution >= 4 is 23.6 Å². The van der Waals surface area contributed by atoms with Crippen LogP contribution in [0.4, 0.5) is 13.2 Å². The molecule has 0 saturated carbocycles. The first-order chi connectivity index (χ1) is 10.3. The molecule has 120 valence electrons. The summed E-state index contributed by atoms with van der Waals surface area (Å²) in [5, 5.41) is 4.83. The van der Waals surface area contributed by atoms with E-state index < -0.39 is 17.5 Å². The standard InChI is InChI=1S/C12H13F3N4O2S/c1-6-5-19-8(9(20)16-6)4-7(17-19)10(21)18-2-3-22-11(18)12(13,14)15/h4,6,11H,2-3,5H2,1H3,(H,16,20). The molecule has 1 N–H and O–H groups in total. The number of hydrogen-bond acceptors (Lipinski definition) is 4. The smallest absolute Gasteiger partial charge is 0.346 e. The number of thioether (sulfide) groups is 1. The van der Waals surface area contributed by atoms with Crippen LogP contribution in [-0.4, -0.2) is 56.4 Å². The summed E-state index contributed by atoms with van der Waals surface area (Å²) in [6, 6.07) is 1.10. The Labute approximate surface area is 128 Å². The number of fused-ring (bicyclic) bond motifs is 1. The third-order valence-electron chi connectivity index (χ3n) is 3.49. The van der Waals surface area contributed by atoms with Crippen molar-refractivity contribution in [2.45, 2.75) is 31.1 Å². The first kappa shape index (κ1) is 15.2. The minimum atomic E-state index is -4.48. The predicted molar refractivity (Wildman–Crippen MR) is 72.5 cm³/mol. The molecule has 3 heterocycles. The largest absolute Gasteiger partial charge is 0.418 e. The van der Waals surface area contributed by atoms with E-state index in [0.717, 1.165) is 4.90 Å². The Morgan fingerprint density at radius 2 is 2.23 bits per heavy atom. The topological polar surface area (TPSA) is 67.2 Å². The number of alkyl halides is 3. The molecule has 1 saturated heterocycles. The van der Waals surface area contributed by atoms with E-state index in [0.29, 0.717) is 18.3 Å². The molecule has 1 fully saturated rings. The Bertz CT molecular complexity index is 630. The lowest BCUT2D eigenvalue weighted by atomic mass is 10.2. The van der Waals surface area contributed by atoms with Gasteiger partial charge in [-0.2, -0.15) is 18.3 Å². The molecule has 0 aliphatic carbocycles. The van der Waals surface area contributed by atoms with Gasteiger partial charge in [0.15, 0.2) is 11.1 Å². The number of rotatable bonds is 1. The summed E-state index contributed by atoms with van der Waals surface area (Å²) in [6.45, 7) is 2.17. The fourth-order valence-corrected chi connectivity index (χ4v) is 3.64. The van der Waals surface area contributed by atoms with Crippen LogP contribution in [0.5, 0.6) is 0 Å². The van der Waals surface area contributed by atoms with Crippen molar-refractivity contribution in [2.24, 2.45) is 0 Å². The molecule has 0 radical (unpaired) electrons. The summed E-state index contributed by atoms with van der Waals surface area (Å²) >= 11 is 0.682. The number of aromatic nitrogens is 2. The lowest BCUT2D eigenvalue weighted by Crippen LogP contribution is -2.43. The number of amides is 2. The molecule has 3 rings (SSSR count). The van der Waals surface area contributed by atoms with Crippen molar-refractivity contribution in [3.05, 3.63) is 17.5 Å². The average Bonchev–Trinajstić information content (AvgIpc) is 3.02. The minimum Gasteiger partial charge on any atom is -0.346 e. The maximum absolute atomic E-state index is 12.9. The average molecular weight is 334 g/mol. The van der Waals surface area contributed by atoms with E-state index >= 15 is 0 Å². The van der Waals surface area contributed by atoms with Crippen LogP contribution in [0.1, 0.15) is 27.9 Å². The summed E-state index contributed by atoms with van der Waals surface area (Å²) < 4.78 is 40.1. The second-order valence-electron chi connectivity index (χ2n) is 5.23. The van der Waals surface area contributed by atoms with E-state index in [-0.39, 0.29) is 35.6 Å². The van der Waals surface area contributed by atoms with Gasteiger partial charge < -0.3 is 10.2 Å². The van der Waals surface area contributed by atoms with Gasteiger partial charge in [0.2, 0.25) is 0 Å². The van der Waals surface area contributed by atoms with Crippen LogP contribution in [0.25, 0.3) is 0 Å². The molecule has 2 aliphatic heterocycles. The van der Waals surface area contributed by atoms with Gasteiger partial charge in [-0.1, -0.05) is 0 Å². The number of nitrogens with zero attached hydrogens (tertiary/aromatic N) is 3. The van der Waals surface area contributed by atoms with E-state index in [1.807, 2.05) is 0 Å². The Kier molecular flexibility index (Phi) is 3.58. The van der Waals surface area contributed by atoms with E-state index in [1.54, 1.807) is 6.92 Å². The van der Waals surface area contributed by atoms with Crippen molar-refractivity contribution in [1.29, 1.82) is 0 Å². The molecule has 2 amide bonds. The third kappa shape index (κ3) is 2.55. The monoisotopic (exact) mass is 334 g/mol. The van der Waals surface area contributed by atoms with E-state index in [4.69, 9.17) is 0 Å². The van der Waals surface area contributed by atoms with Crippen LogP contribution in [0.3, 0.4) is 0 Å². The summed E-state index contributed by atoms with van der Waals surface area (Å²) in [4.78, 5) is 24.9. The highest BCUT2D eigenvalue weighted by Crippen LogP contribution is 2.37. The van der Waals surface area contributed by atoms with E-state index in [9.17, 15) is 22.8 Å². The fourth-order valence-electron chi connectivity index (χ4n) is 2.54. The number of hydrogen-bond donors (Lipinski definition) is 1. The van der Waals surface area contributed by atoms with Gasteiger partial charge in [0, 0.05) is 24.4 Å². The zero-order valence-electron chi connectivity index (χ0n) is 11.6. The highest BCUT2D eigenvalue weighted by molar-refractivity contribution is 8.00. The van der Waals surface area contributed by atoms with Crippen molar-refractivity contribution in [1.82, 2.24) is 20.0 Å². The molecule has 1 aromatic heterocycles. The van der Waals surface area contributed by atoms with Crippen molar-refractivity contribution in [3.63, 3.8) is 0 Å². The Morgan fingerprint density at radius 3 is 2.91 bits per heavy atom. The van der Waals surface area contributed by atoms with Gasteiger partial charge in [-0.15, -0.1) is 11.8 Å². The number of carbonyl (C=O) groups excluding carboxylic acids is 2. The molecule has 0 spiro atoms. The van der Waals surface area contributed by atoms with Crippen LogP contribution in [0.2, 0.25) is 0 Å². The Hall–Kier alpha value is -1.71. The highest BCUT2D eigenvalue weighted by atomic mass is 32.2. The number of halogens is 3. The van der Waals surface area contributed by atoms with Gasteiger partial charge in [0.05, 0.1) is 6.54 Å². The molecule has 22 heavy (non-hydrogen) atoms. The lowest BCUT2D eigenvalue weighted by Gasteiger charge is -2.24. The van der Waals surface area contributed by atoms with Gasteiger partial charge in [0.1, 0.15) is 5.69 Å². The summed E-state index contributed by atoms with van der Waals surface area (Å²) in [5.74, 6) is -0.954. The quantitative estimate of drug-likeness (QED) is 0.835. The van der Waals surface area contributed by atoms with Gasteiger partial charge in [0.25, 0.3) is 11.8 Å². The molecular formula is C12H13F3N4O2S. The molecule has 10 heteroatoms.